The summed E-state index contributed by atoms with van der Waals surface area (Å²) in [5, 5.41) is 0. The van der Waals surface area contributed by atoms with E-state index in [0.29, 0.717) is 0 Å². The van der Waals surface area contributed by atoms with Crippen LogP contribution in [0.2, 0.25) is 0 Å². The van der Waals surface area contributed by atoms with Gasteiger partial charge in [0.15, 0.2) is 0 Å². The molecule has 0 spiro atoms. The van der Waals surface area contributed by atoms with Gasteiger partial charge in [0.2, 0.25) is 0 Å². The fourth-order valence-electron chi connectivity index (χ4n) is 0. The Morgan fingerprint density at radius 2 is 0.667 bits per heavy atom. The summed E-state index contributed by atoms with van der Waals surface area (Å²) in [6.07, 6.45) is 8.00. The number of hydrogen-bond donors (Lipinski definition) is 0. The van der Waals surface area contributed by atoms with Crippen LogP contribution in [-0.4, -0.2) is 46.1 Å². The molecule has 0 saturated heterocycles. The summed E-state index contributed by atoms with van der Waals surface area (Å²) in [6, 6.07) is 0. The molecule has 0 bridgehead atoms. The van der Waals surface area contributed by atoms with E-state index in [1.165, 1.54) is 0 Å². The molecule has 0 N–H and O–H groups in total. The maximum Gasteiger partial charge on any atom is 2.00 e. The summed E-state index contributed by atoms with van der Waals surface area (Å²) in [5.74, 6) is 0. The zero-order valence-electron chi connectivity index (χ0n) is 3.32. The number of rotatable bonds is 0. The molecule has 26 valence electrons. The van der Waals surface area contributed by atoms with Crippen molar-refractivity contribution in [1.29, 1.82) is 0 Å². The van der Waals surface area contributed by atoms with Crippen LogP contribution < -0.4 is 34.0 Å². The van der Waals surface area contributed by atoms with Gasteiger partial charge in [-0.25, -0.2) is 0 Å². The summed E-state index contributed by atoms with van der Waals surface area (Å²) in [4.78, 5) is 0. The maximum absolute atomic E-state index is 4.00. The smallest absolute Gasteiger partial charge is 1.00 e. The third-order valence-corrected chi connectivity index (χ3v) is 0. The van der Waals surface area contributed by atoms with Gasteiger partial charge >= 0.3 is 46.1 Å². The van der Waals surface area contributed by atoms with Crippen molar-refractivity contribution in [3.05, 3.63) is 0 Å². The van der Waals surface area contributed by atoms with Crippen molar-refractivity contribution < 1.29 is 34.0 Å². The maximum atomic E-state index is 4.00. The molecule has 0 aliphatic rings. The fourth-order valence-corrected chi connectivity index (χ4v) is 0. The molecule has 4 heteroatoms. The van der Waals surface area contributed by atoms with E-state index in [1.54, 1.807) is 0 Å². The average molecular weight is 234 g/mol. The largest absolute Gasteiger partial charge is 2.00 e. The van der Waals surface area contributed by atoms with Crippen molar-refractivity contribution in [2.45, 2.75) is 0 Å². The van der Waals surface area contributed by atoms with Crippen molar-refractivity contribution in [2.75, 3.05) is 0 Å². The second kappa shape index (κ2) is 61.3. The second-order valence-electron chi connectivity index (χ2n) is 0. The molecule has 0 nitrogen and oxygen atoms in total. The standard InChI is InChI=1S/C2H2.2BrH.2Mg/c1-2;;;;/h1-2H;2*1H;;/q;;;2*+2/p-2. The monoisotopic (exact) mass is 232 g/mol. The van der Waals surface area contributed by atoms with Crippen LogP contribution in [0.3, 0.4) is 0 Å². The minimum Gasteiger partial charge on any atom is -1.00 e. The molecule has 0 amide bonds. The van der Waals surface area contributed by atoms with Gasteiger partial charge in [0.05, 0.1) is 0 Å². The number of halogens is 2. The first-order valence-corrected chi connectivity index (χ1v) is 0.333. The zero-order chi connectivity index (χ0) is 2.00. The van der Waals surface area contributed by atoms with Gasteiger partial charge in [-0.15, -0.1) is 12.8 Å². The molecule has 0 radical (unpaired) electrons. The third kappa shape index (κ3) is 36.7. The normalized spacial score (nSPS) is 0.333. The van der Waals surface area contributed by atoms with Gasteiger partial charge in [-0.3, -0.25) is 0 Å². The van der Waals surface area contributed by atoms with E-state index in [1.807, 2.05) is 0 Å². The first-order chi connectivity index (χ1) is 1.00. The Morgan fingerprint density at radius 3 is 0.667 bits per heavy atom. The molecule has 0 rings (SSSR count). The Bertz CT molecular complexity index is 14.3. The van der Waals surface area contributed by atoms with Crippen LogP contribution in [0.15, 0.2) is 0 Å². The molecule has 6 heavy (non-hydrogen) atoms. The third-order valence-electron chi connectivity index (χ3n) is 0. The van der Waals surface area contributed by atoms with Gasteiger partial charge < -0.3 is 34.0 Å². The van der Waals surface area contributed by atoms with Crippen LogP contribution in [0.1, 0.15) is 0 Å². The van der Waals surface area contributed by atoms with Crippen LogP contribution in [0.25, 0.3) is 0 Å². The van der Waals surface area contributed by atoms with Gasteiger partial charge in [0, 0.05) is 0 Å². The van der Waals surface area contributed by atoms with E-state index in [0.717, 1.165) is 0 Å². The van der Waals surface area contributed by atoms with E-state index in [4.69, 9.17) is 0 Å². The van der Waals surface area contributed by atoms with Crippen molar-refractivity contribution in [1.82, 2.24) is 0 Å². The van der Waals surface area contributed by atoms with Gasteiger partial charge in [0.25, 0.3) is 0 Å². The topological polar surface area (TPSA) is 0 Å². The van der Waals surface area contributed by atoms with Gasteiger partial charge in [-0.05, 0) is 0 Å². The number of hydrogen-bond acceptors (Lipinski definition) is 0. The van der Waals surface area contributed by atoms with Crippen LogP contribution in [-0.2, 0) is 0 Å². The van der Waals surface area contributed by atoms with Gasteiger partial charge in [-0.2, -0.15) is 0 Å². The van der Waals surface area contributed by atoms with Crippen LogP contribution in [0, 0.1) is 12.8 Å². The van der Waals surface area contributed by atoms with Crippen LogP contribution in [0.4, 0.5) is 0 Å². The molecule has 0 saturated carbocycles. The molecule has 0 heterocycles. The minimum atomic E-state index is 0. The zero-order valence-corrected chi connectivity index (χ0v) is 9.33. The van der Waals surface area contributed by atoms with Crippen molar-refractivity contribution in [3.63, 3.8) is 0 Å². The van der Waals surface area contributed by atoms with Crippen molar-refractivity contribution in [2.24, 2.45) is 0 Å². The summed E-state index contributed by atoms with van der Waals surface area (Å²) >= 11 is 0. The van der Waals surface area contributed by atoms with Crippen molar-refractivity contribution >= 4 is 46.1 Å². The van der Waals surface area contributed by atoms with E-state index in [9.17, 15) is 0 Å². The van der Waals surface area contributed by atoms with Crippen LogP contribution >= 0.6 is 0 Å². The van der Waals surface area contributed by atoms with Crippen molar-refractivity contribution in [3.8, 4) is 12.8 Å². The SMILES string of the molecule is C#C.[Br-].[Br-].[Mg+2].[Mg+2]. The minimum absolute atomic E-state index is 0. The Labute approximate surface area is 91.7 Å². The predicted octanol–water partition coefficient (Wildman–Crippen LogP) is -6.50. The first kappa shape index (κ1) is 43.0. The summed E-state index contributed by atoms with van der Waals surface area (Å²) < 4.78 is 0. The predicted molar refractivity (Wildman–Crippen MR) is 21.4 cm³/mol. The molecular formula is C2H2Br2Mg2+2. The Kier molecular flexibility index (Phi) is 439. The Morgan fingerprint density at radius 1 is 0.667 bits per heavy atom. The Balaban J connectivity index is -0.000000000833. The molecule has 0 aromatic carbocycles. The summed E-state index contributed by atoms with van der Waals surface area (Å²) in [5.41, 5.74) is 0. The first-order valence-electron chi connectivity index (χ1n) is 0.333. The van der Waals surface area contributed by atoms with Gasteiger partial charge in [-0.1, -0.05) is 0 Å². The quantitative estimate of drug-likeness (QED) is 0.289. The number of terminal acetylenes is 1. The van der Waals surface area contributed by atoms with E-state index in [-0.39, 0.29) is 80.1 Å². The molecule has 0 aliphatic heterocycles. The van der Waals surface area contributed by atoms with E-state index in [2.05, 4.69) is 12.8 Å². The van der Waals surface area contributed by atoms with Crippen LogP contribution in [0.5, 0.6) is 0 Å². The molecule has 0 atom stereocenters. The molecule has 0 unspecified atom stereocenters. The second-order valence-corrected chi connectivity index (χ2v) is 0. The fraction of sp³-hybridized carbons (Fsp3) is 0. The molecule has 0 aromatic rings. The molecule has 0 aromatic heterocycles. The summed E-state index contributed by atoms with van der Waals surface area (Å²) in [7, 11) is 0. The van der Waals surface area contributed by atoms with E-state index >= 15 is 0 Å². The summed E-state index contributed by atoms with van der Waals surface area (Å²) in [6.45, 7) is 0. The average Bonchev–Trinajstić information content (AvgIpc) is 1.00. The molecule has 0 aliphatic carbocycles. The molecular weight excluding hydrogens is 232 g/mol. The molecule has 0 fully saturated rings. The van der Waals surface area contributed by atoms with E-state index < -0.39 is 0 Å². The van der Waals surface area contributed by atoms with Gasteiger partial charge in [0.1, 0.15) is 0 Å². The Hall–Kier alpha value is 2.05.